The van der Waals surface area contributed by atoms with Crippen LogP contribution in [0, 0.1) is 0 Å². The highest BCUT2D eigenvalue weighted by Crippen LogP contribution is 2.20. The molecular weight excluding hydrogens is 401 g/mol. The highest BCUT2D eigenvalue weighted by atomic mass is 32.2. The Bertz CT molecular complexity index is 877. The molecule has 2 heterocycles. The largest absolute Gasteiger partial charge is 0.741 e. The van der Waals surface area contributed by atoms with E-state index < -0.39 is 15.6 Å². The fourth-order valence-corrected chi connectivity index (χ4v) is 2.20. The summed E-state index contributed by atoms with van der Waals surface area (Å²) in [7, 11) is -6.09. The number of aromatic nitrogens is 1. The number of alkyl halides is 3. The van der Waals surface area contributed by atoms with Gasteiger partial charge in [0, 0.05) is 18.6 Å². The average molecular weight is 418 g/mol. The summed E-state index contributed by atoms with van der Waals surface area (Å²) < 4.78 is 66.3. The van der Waals surface area contributed by atoms with E-state index in [1.807, 2.05) is 48.8 Å². The Morgan fingerprint density at radius 1 is 1.14 bits per heavy atom. The van der Waals surface area contributed by atoms with Crippen LogP contribution in [0.4, 0.5) is 13.2 Å². The van der Waals surface area contributed by atoms with Crippen LogP contribution in [-0.2, 0) is 14.9 Å². The van der Waals surface area contributed by atoms with Crippen molar-refractivity contribution >= 4 is 16.1 Å². The van der Waals surface area contributed by atoms with Crippen LogP contribution in [0.1, 0.15) is 16.8 Å². The molecule has 28 heavy (non-hydrogen) atoms. The van der Waals surface area contributed by atoms with Gasteiger partial charge in [0.1, 0.15) is 6.04 Å². The average Bonchev–Trinajstić information content (AvgIpc) is 3.41. The molecule has 3 rings (SSSR count). The number of carbonyl (C=O) groups excluding carboxylic acids is 1. The lowest BCUT2D eigenvalue weighted by Gasteiger charge is -2.08. The van der Waals surface area contributed by atoms with E-state index in [0.717, 1.165) is 13.0 Å². The van der Waals surface area contributed by atoms with Gasteiger partial charge < -0.3 is 9.29 Å². The molecule has 0 amide bonds. The fourth-order valence-electron chi connectivity index (χ4n) is 2.20. The topological polar surface area (TPSA) is 90.4 Å². The summed E-state index contributed by atoms with van der Waals surface area (Å²) in [5.74, 6) is -0.245. The van der Waals surface area contributed by atoms with E-state index in [2.05, 4.69) is 9.69 Å². The maximum atomic E-state index is 11.8. The number of halogens is 3. The van der Waals surface area contributed by atoms with E-state index in [-0.39, 0.29) is 5.97 Å². The zero-order valence-corrected chi connectivity index (χ0v) is 15.3. The second kappa shape index (κ2) is 9.02. The quantitative estimate of drug-likeness (QED) is 0.241. The van der Waals surface area contributed by atoms with Gasteiger partial charge in [0.25, 0.3) is 0 Å². The number of rotatable bonds is 5. The Morgan fingerprint density at radius 3 is 2.21 bits per heavy atom. The number of carbonyl (C=O) groups is 1. The lowest BCUT2D eigenvalue weighted by Crippen LogP contribution is -2.45. The van der Waals surface area contributed by atoms with Gasteiger partial charge >= 0.3 is 11.5 Å². The Morgan fingerprint density at radius 2 is 1.68 bits per heavy atom. The summed E-state index contributed by atoms with van der Waals surface area (Å²) in [5, 5.41) is 2.23. The molecule has 7 nitrogen and oxygen atoms in total. The molecule has 2 aromatic rings. The van der Waals surface area contributed by atoms with Crippen LogP contribution < -0.4 is 9.69 Å². The number of pyridine rings is 1. The van der Waals surface area contributed by atoms with Crippen molar-refractivity contribution in [3.8, 4) is 0 Å². The first-order chi connectivity index (χ1) is 13.1. The third-order valence-electron chi connectivity index (χ3n) is 3.66. The predicted octanol–water partition coefficient (Wildman–Crippen LogP) is 1.59. The number of nitrogens with zero attached hydrogens (tertiary/aromatic N) is 2. The summed E-state index contributed by atoms with van der Waals surface area (Å²) in [6, 6.07) is 15.6. The molecule has 1 aliphatic rings. The number of hydrogen-bond acceptors (Lipinski definition) is 6. The third-order valence-corrected chi connectivity index (χ3v) is 4.23. The Labute approximate surface area is 159 Å². The van der Waals surface area contributed by atoms with Crippen molar-refractivity contribution in [3.05, 3.63) is 66.5 Å². The van der Waals surface area contributed by atoms with Crippen LogP contribution in [0.5, 0.6) is 0 Å². The second-order valence-corrected chi connectivity index (χ2v) is 7.09. The van der Waals surface area contributed by atoms with Crippen molar-refractivity contribution < 1.29 is 40.3 Å². The van der Waals surface area contributed by atoms with Gasteiger partial charge in [-0.2, -0.15) is 18.2 Å². The monoisotopic (exact) mass is 418 g/mol. The van der Waals surface area contributed by atoms with Crippen molar-refractivity contribution in [2.24, 2.45) is 0 Å². The number of esters is 1. The molecule has 11 heteroatoms. The van der Waals surface area contributed by atoms with E-state index in [0.29, 0.717) is 18.2 Å². The molecule has 1 atom stereocenters. The smallest absolute Gasteiger partial charge is 0.485 e. The van der Waals surface area contributed by atoms with Crippen molar-refractivity contribution in [1.82, 2.24) is 0 Å². The van der Waals surface area contributed by atoms with Crippen molar-refractivity contribution in [3.63, 3.8) is 0 Å². The standard InChI is InChI=1S/C16H17N2O2.CHF3O3S/c19-16(14-7-3-1-4-8-14)20-12-9-15-13-18(15)17-10-5-2-6-11-17;2-1(3,4)8(5,6)7/h1-8,10-11,15H,9,12-13H2;(H,5,6,7)/q+1;/p-1. The van der Waals surface area contributed by atoms with Crippen molar-refractivity contribution in [1.29, 1.82) is 0 Å². The maximum absolute atomic E-state index is 11.8. The number of ether oxygens (including phenoxy) is 1. The third kappa shape index (κ3) is 6.50. The molecule has 1 aliphatic heterocycles. The zero-order chi connectivity index (χ0) is 20.8. The summed E-state index contributed by atoms with van der Waals surface area (Å²) in [5.41, 5.74) is -5.04. The van der Waals surface area contributed by atoms with E-state index in [9.17, 15) is 18.0 Å². The molecule has 1 aromatic heterocycles. The van der Waals surface area contributed by atoms with Crippen LogP contribution in [0.25, 0.3) is 0 Å². The Hall–Kier alpha value is -2.66. The minimum atomic E-state index is -6.09. The van der Waals surface area contributed by atoms with Gasteiger partial charge in [-0.05, 0) is 12.1 Å². The molecule has 152 valence electrons. The normalized spacial score (nSPS) is 16.0. The molecule has 1 aromatic carbocycles. The lowest BCUT2D eigenvalue weighted by molar-refractivity contribution is -0.677. The number of benzene rings is 1. The Balaban J connectivity index is 0.000000300. The van der Waals surface area contributed by atoms with E-state index in [4.69, 9.17) is 17.7 Å². The highest BCUT2D eigenvalue weighted by molar-refractivity contribution is 7.86. The second-order valence-electron chi connectivity index (χ2n) is 5.72. The summed E-state index contributed by atoms with van der Waals surface area (Å²) in [4.78, 5) is 11.8. The van der Waals surface area contributed by atoms with E-state index in [1.165, 1.54) is 0 Å². The van der Waals surface area contributed by atoms with E-state index in [1.54, 1.807) is 12.1 Å². The first-order valence-corrected chi connectivity index (χ1v) is 9.48. The van der Waals surface area contributed by atoms with Gasteiger partial charge in [-0.15, -0.1) is 0 Å². The van der Waals surface area contributed by atoms with Gasteiger partial charge in [-0.25, -0.2) is 13.2 Å². The first-order valence-electron chi connectivity index (χ1n) is 8.07. The Kier molecular flexibility index (Phi) is 6.97. The van der Waals surface area contributed by atoms with Gasteiger partial charge in [0.05, 0.1) is 18.7 Å². The highest BCUT2D eigenvalue weighted by Gasteiger charge is 2.41. The molecule has 0 aliphatic carbocycles. The van der Waals surface area contributed by atoms with Gasteiger partial charge in [-0.1, -0.05) is 28.9 Å². The van der Waals surface area contributed by atoms with Gasteiger partial charge in [0.15, 0.2) is 22.5 Å². The molecule has 0 spiro atoms. The summed E-state index contributed by atoms with van der Waals surface area (Å²) in [6.45, 7) is 1.47. The molecule has 1 saturated heterocycles. The lowest BCUT2D eigenvalue weighted by atomic mass is 10.2. The molecular formula is C17H17F3N2O5S. The molecule has 0 N–H and O–H groups in total. The fraction of sp³-hybridized carbons (Fsp3) is 0.294. The predicted molar refractivity (Wildman–Crippen MR) is 90.6 cm³/mol. The molecule has 1 fully saturated rings. The van der Waals surface area contributed by atoms with Crippen LogP contribution in [-0.4, -0.2) is 43.6 Å². The molecule has 0 bridgehead atoms. The van der Waals surface area contributed by atoms with Crippen LogP contribution in [0.3, 0.4) is 0 Å². The summed E-state index contributed by atoms with van der Waals surface area (Å²) >= 11 is 0. The molecule has 1 unspecified atom stereocenters. The minimum Gasteiger partial charge on any atom is -0.741 e. The van der Waals surface area contributed by atoms with Crippen molar-refractivity contribution in [2.45, 2.75) is 18.0 Å². The van der Waals surface area contributed by atoms with Crippen LogP contribution in [0.2, 0.25) is 0 Å². The molecule has 0 saturated carbocycles. The van der Waals surface area contributed by atoms with Gasteiger partial charge in [0.2, 0.25) is 0 Å². The minimum absolute atomic E-state index is 0.245. The van der Waals surface area contributed by atoms with E-state index >= 15 is 0 Å². The summed E-state index contributed by atoms with van der Waals surface area (Å²) in [6.07, 6.45) is 4.91. The SMILES string of the molecule is O=C(OCCC1CN1[n+]1ccccc1)c1ccccc1.O=S(=O)([O-])C(F)(F)F. The number of hydrogen-bond donors (Lipinski definition) is 0. The van der Waals surface area contributed by atoms with Crippen LogP contribution >= 0.6 is 0 Å². The zero-order valence-electron chi connectivity index (χ0n) is 14.4. The maximum Gasteiger partial charge on any atom is 0.485 e. The first kappa shape index (κ1) is 21.6. The van der Waals surface area contributed by atoms with Crippen LogP contribution in [0.15, 0.2) is 60.9 Å². The molecule has 0 radical (unpaired) electrons. The van der Waals surface area contributed by atoms with Gasteiger partial charge in [-0.3, -0.25) is 0 Å². The van der Waals surface area contributed by atoms with Crippen molar-refractivity contribution in [2.75, 3.05) is 18.2 Å².